The van der Waals surface area contributed by atoms with Gasteiger partial charge in [-0.2, -0.15) is 0 Å². The number of nitrogens with one attached hydrogen (secondary N) is 1. The van der Waals surface area contributed by atoms with Crippen LogP contribution in [0.2, 0.25) is 0 Å². The Bertz CT molecular complexity index is 837. The monoisotopic (exact) mass is 332 g/mol. The molecular formula is C21H24N4. The van der Waals surface area contributed by atoms with Crippen molar-refractivity contribution in [1.29, 1.82) is 0 Å². The van der Waals surface area contributed by atoms with Crippen LogP contribution < -0.4 is 11.1 Å². The highest BCUT2D eigenvalue weighted by molar-refractivity contribution is 5.64. The molecule has 0 atom stereocenters. The van der Waals surface area contributed by atoms with Gasteiger partial charge in [0, 0.05) is 23.2 Å². The number of nitrogens with two attached hydrogens (primary N) is 1. The number of aryl methyl sites for hydroxylation is 1. The fourth-order valence-electron chi connectivity index (χ4n) is 2.70. The number of benzene rings is 2. The van der Waals surface area contributed by atoms with E-state index < -0.39 is 0 Å². The van der Waals surface area contributed by atoms with Gasteiger partial charge < -0.3 is 11.1 Å². The number of nitrogens with zero attached hydrogens (tertiary/aromatic N) is 2. The van der Waals surface area contributed by atoms with Gasteiger partial charge in [-0.3, -0.25) is 0 Å². The molecule has 0 aliphatic rings. The van der Waals surface area contributed by atoms with E-state index in [1.54, 1.807) is 0 Å². The number of nitrogen functional groups attached to an aromatic ring is 1. The molecule has 1 aromatic heterocycles. The van der Waals surface area contributed by atoms with E-state index >= 15 is 0 Å². The van der Waals surface area contributed by atoms with Gasteiger partial charge in [0.2, 0.25) is 0 Å². The summed E-state index contributed by atoms with van der Waals surface area (Å²) >= 11 is 0. The van der Waals surface area contributed by atoms with Crippen molar-refractivity contribution in [2.75, 3.05) is 17.6 Å². The van der Waals surface area contributed by atoms with Crippen molar-refractivity contribution >= 4 is 11.5 Å². The van der Waals surface area contributed by atoms with Crippen LogP contribution in [0.4, 0.5) is 11.5 Å². The second-order valence-corrected chi connectivity index (χ2v) is 7.03. The van der Waals surface area contributed by atoms with Gasteiger partial charge in [0.15, 0.2) is 0 Å². The Kier molecular flexibility index (Phi) is 4.70. The van der Waals surface area contributed by atoms with Crippen LogP contribution in [0.15, 0.2) is 60.7 Å². The van der Waals surface area contributed by atoms with E-state index in [0.29, 0.717) is 0 Å². The SMILES string of the molecule is Cc1ccc(C(C)(C)CNc2ccc(-c3cccc(N)c3)nn2)cc1. The number of aromatic nitrogens is 2. The lowest BCUT2D eigenvalue weighted by Crippen LogP contribution is -2.28. The maximum atomic E-state index is 5.83. The molecule has 0 radical (unpaired) electrons. The fourth-order valence-corrected chi connectivity index (χ4v) is 2.70. The largest absolute Gasteiger partial charge is 0.399 e. The maximum Gasteiger partial charge on any atom is 0.148 e. The molecule has 128 valence electrons. The molecule has 0 aliphatic heterocycles. The molecule has 0 spiro atoms. The Morgan fingerprint density at radius 3 is 2.36 bits per heavy atom. The first kappa shape index (κ1) is 17.0. The van der Waals surface area contributed by atoms with E-state index in [1.165, 1.54) is 11.1 Å². The summed E-state index contributed by atoms with van der Waals surface area (Å²) in [6, 6.07) is 20.2. The Hall–Kier alpha value is -2.88. The van der Waals surface area contributed by atoms with Gasteiger partial charge in [0.1, 0.15) is 5.82 Å². The van der Waals surface area contributed by atoms with Crippen LogP contribution in [0, 0.1) is 6.92 Å². The molecule has 0 aliphatic carbocycles. The number of anilines is 2. The van der Waals surface area contributed by atoms with E-state index in [1.807, 2.05) is 36.4 Å². The van der Waals surface area contributed by atoms with Crippen LogP contribution in [0.25, 0.3) is 11.3 Å². The average Bonchev–Trinajstić information content (AvgIpc) is 2.61. The molecule has 3 N–H and O–H groups in total. The molecule has 2 aromatic carbocycles. The minimum Gasteiger partial charge on any atom is -0.399 e. The highest BCUT2D eigenvalue weighted by atomic mass is 15.2. The third-order valence-corrected chi connectivity index (χ3v) is 4.39. The molecule has 4 nitrogen and oxygen atoms in total. The normalized spacial score (nSPS) is 11.3. The molecule has 4 heteroatoms. The third kappa shape index (κ3) is 4.15. The molecule has 0 fully saturated rings. The molecule has 0 amide bonds. The van der Waals surface area contributed by atoms with Crippen LogP contribution in [-0.4, -0.2) is 16.7 Å². The Balaban J connectivity index is 1.68. The predicted octanol–water partition coefficient (Wildman–Crippen LogP) is 4.42. The van der Waals surface area contributed by atoms with Crippen molar-refractivity contribution in [2.45, 2.75) is 26.2 Å². The van der Waals surface area contributed by atoms with E-state index in [2.05, 4.69) is 60.6 Å². The lowest BCUT2D eigenvalue weighted by atomic mass is 9.84. The molecule has 25 heavy (non-hydrogen) atoms. The number of hydrogen-bond donors (Lipinski definition) is 2. The summed E-state index contributed by atoms with van der Waals surface area (Å²) in [7, 11) is 0. The van der Waals surface area contributed by atoms with Crippen molar-refractivity contribution in [3.8, 4) is 11.3 Å². The zero-order valence-corrected chi connectivity index (χ0v) is 15.0. The second-order valence-electron chi connectivity index (χ2n) is 7.03. The topological polar surface area (TPSA) is 63.8 Å². The summed E-state index contributed by atoms with van der Waals surface area (Å²) in [5.74, 6) is 0.771. The van der Waals surface area contributed by atoms with E-state index in [0.717, 1.165) is 29.3 Å². The zero-order chi connectivity index (χ0) is 17.9. The molecule has 0 unspecified atom stereocenters. The van der Waals surface area contributed by atoms with Gasteiger partial charge in [0.05, 0.1) is 5.69 Å². The van der Waals surface area contributed by atoms with Crippen LogP contribution >= 0.6 is 0 Å². The molecule has 0 bridgehead atoms. The van der Waals surface area contributed by atoms with Crippen molar-refractivity contribution in [2.24, 2.45) is 0 Å². The smallest absolute Gasteiger partial charge is 0.148 e. The van der Waals surface area contributed by atoms with E-state index in [4.69, 9.17) is 5.73 Å². The number of rotatable bonds is 5. The molecule has 0 saturated carbocycles. The maximum absolute atomic E-state index is 5.83. The van der Waals surface area contributed by atoms with Crippen molar-refractivity contribution in [3.63, 3.8) is 0 Å². The van der Waals surface area contributed by atoms with Gasteiger partial charge in [-0.1, -0.05) is 55.8 Å². The van der Waals surface area contributed by atoms with E-state index in [9.17, 15) is 0 Å². The highest BCUT2D eigenvalue weighted by Crippen LogP contribution is 2.24. The summed E-state index contributed by atoms with van der Waals surface area (Å²) in [5, 5.41) is 12.0. The fraction of sp³-hybridized carbons (Fsp3) is 0.238. The van der Waals surface area contributed by atoms with Gasteiger partial charge >= 0.3 is 0 Å². The Morgan fingerprint density at radius 1 is 0.960 bits per heavy atom. The third-order valence-electron chi connectivity index (χ3n) is 4.39. The lowest BCUT2D eigenvalue weighted by Gasteiger charge is -2.26. The van der Waals surface area contributed by atoms with Gasteiger partial charge in [0.25, 0.3) is 0 Å². The van der Waals surface area contributed by atoms with Gasteiger partial charge in [-0.05, 0) is 36.8 Å². The van der Waals surface area contributed by atoms with Crippen LogP contribution in [0.1, 0.15) is 25.0 Å². The number of hydrogen-bond acceptors (Lipinski definition) is 4. The predicted molar refractivity (Wildman–Crippen MR) is 105 cm³/mol. The highest BCUT2D eigenvalue weighted by Gasteiger charge is 2.20. The minimum atomic E-state index is 0.00192. The summed E-state index contributed by atoms with van der Waals surface area (Å²) in [6.45, 7) is 7.33. The van der Waals surface area contributed by atoms with Crippen LogP contribution in [0.3, 0.4) is 0 Å². The van der Waals surface area contributed by atoms with Crippen molar-refractivity contribution in [1.82, 2.24) is 10.2 Å². The molecule has 1 heterocycles. The van der Waals surface area contributed by atoms with E-state index in [-0.39, 0.29) is 5.41 Å². The Morgan fingerprint density at radius 2 is 1.72 bits per heavy atom. The quantitative estimate of drug-likeness (QED) is 0.679. The zero-order valence-electron chi connectivity index (χ0n) is 15.0. The molecule has 3 aromatic rings. The first-order chi connectivity index (χ1) is 11.9. The minimum absolute atomic E-state index is 0.00192. The van der Waals surface area contributed by atoms with Gasteiger partial charge in [-0.15, -0.1) is 10.2 Å². The lowest BCUT2D eigenvalue weighted by molar-refractivity contribution is 0.555. The molecule has 3 rings (SSSR count). The average molecular weight is 332 g/mol. The Labute approximate surface area is 149 Å². The molecular weight excluding hydrogens is 308 g/mol. The first-order valence-electron chi connectivity index (χ1n) is 8.45. The van der Waals surface area contributed by atoms with Crippen LogP contribution in [0.5, 0.6) is 0 Å². The van der Waals surface area contributed by atoms with Gasteiger partial charge in [-0.25, -0.2) is 0 Å². The summed E-state index contributed by atoms with van der Waals surface area (Å²) in [6.07, 6.45) is 0. The van der Waals surface area contributed by atoms with Crippen LogP contribution in [-0.2, 0) is 5.41 Å². The van der Waals surface area contributed by atoms with Crippen molar-refractivity contribution in [3.05, 3.63) is 71.8 Å². The summed E-state index contributed by atoms with van der Waals surface area (Å²) in [4.78, 5) is 0. The summed E-state index contributed by atoms with van der Waals surface area (Å²) < 4.78 is 0. The standard InChI is InChI=1S/C21H24N4/c1-15-7-9-17(10-8-15)21(2,3)14-23-20-12-11-19(24-25-20)16-5-4-6-18(22)13-16/h4-13H,14,22H2,1-3H3,(H,23,25). The molecule has 0 saturated heterocycles. The summed E-state index contributed by atoms with van der Waals surface area (Å²) in [5.41, 5.74) is 10.9. The first-order valence-corrected chi connectivity index (χ1v) is 8.45. The van der Waals surface area contributed by atoms with Crippen molar-refractivity contribution < 1.29 is 0 Å². The second kappa shape index (κ2) is 6.93.